The van der Waals surface area contributed by atoms with Crippen molar-refractivity contribution in [3.05, 3.63) is 11.1 Å². The zero-order valence-electron chi connectivity index (χ0n) is 14.5. The Labute approximate surface area is 134 Å². The summed E-state index contributed by atoms with van der Waals surface area (Å²) < 4.78 is 5.16. The van der Waals surface area contributed by atoms with Crippen LogP contribution in [0.2, 0.25) is 0 Å². The number of allylic oxidation sites excluding steroid dienone is 1. The maximum Gasteiger partial charge on any atom is 0.311 e. The van der Waals surface area contributed by atoms with E-state index < -0.39 is 5.60 Å². The predicted octanol–water partition coefficient (Wildman–Crippen LogP) is 4.00. The lowest BCUT2D eigenvalue weighted by Crippen LogP contribution is -2.52. The molecule has 1 fully saturated rings. The van der Waals surface area contributed by atoms with E-state index in [1.807, 2.05) is 6.92 Å². The topological polar surface area (TPSA) is 46.5 Å². The van der Waals surface area contributed by atoms with Crippen molar-refractivity contribution in [2.75, 3.05) is 7.11 Å². The highest BCUT2D eigenvalue weighted by atomic mass is 16.5. The minimum Gasteiger partial charge on any atom is -0.469 e. The van der Waals surface area contributed by atoms with E-state index in [4.69, 9.17) is 4.74 Å². The van der Waals surface area contributed by atoms with E-state index in [0.29, 0.717) is 5.92 Å². The summed E-state index contributed by atoms with van der Waals surface area (Å²) in [5.41, 5.74) is 2.27. The molecule has 3 aliphatic carbocycles. The predicted molar refractivity (Wildman–Crippen MR) is 86.3 cm³/mol. The molecule has 0 radical (unpaired) electrons. The molecule has 4 atom stereocenters. The van der Waals surface area contributed by atoms with Gasteiger partial charge >= 0.3 is 5.97 Å². The van der Waals surface area contributed by atoms with E-state index in [9.17, 15) is 9.90 Å². The van der Waals surface area contributed by atoms with Crippen LogP contribution in [-0.4, -0.2) is 23.8 Å². The van der Waals surface area contributed by atoms with Gasteiger partial charge in [0.25, 0.3) is 0 Å². The van der Waals surface area contributed by atoms with Crippen LogP contribution >= 0.6 is 0 Å². The highest BCUT2D eigenvalue weighted by Gasteiger charge is 2.56. The average molecular weight is 306 g/mol. The molecular weight excluding hydrogens is 276 g/mol. The Bertz CT molecular complexity index is 519. The molecular formula is C19H30O3. The van der Waals surface area contributed by atoms with Crippen LogP contribution in [0.4, 0.5) is 0 Å². The molecule has 0 aromatic carbocycles. The summed E-state index contributed by atoms with van der Waals surface area (Å²) in [6, 6.07) is 0. The van der Waals surface area contributed by atoms with Gasteiger partial charge in [-0.2, -0.15) is 0 Å². The van der Waals surface area contributed by atoms with Crippen molar-refractivity contribution in [1.29, 1.82) is 0 Å². The number of fused-ring (bicyclic) bond motifs is 2. The smallest absolute Gasteiger partial charge is 0.311 e. The van der Waals surface area contributed by atoms with Crippen molar-refractivity contribution >= 4 is 5.97 Å². The van der Waals surface area contributed by atoms with E-state index in [0.717, 1.165) is 44.9 Å². The van der Waals surface area contributed by atoms with Crippen molar-refractivity contribution in [3.8, 4) is 0 Å². The quantitative estimate of drug-likeness (QED) is 0.588. The van der Waals surface area contributed by atoms with Gasteiger partial charge in [-0.1, -0.05) is 24.5 Å². The van der Waals surface area contributed by atoms with Gasteiger partial charge in [0.15, 0.2) is 0 Å². The number of hydrogen-bond acceptors (Lipinski definition) is 3. The second kappa shape index (κ2) is 5.09. The van der Waals surface area contributed by atoms with Crippen LogP contribution in [0.25, 0.3) is 0 Å². The van der Waals surface area contributed by atoms with Crippen molar-refractivity contribution in [3.63, 3.8) is 0 Å². The second-order valence-corrected chi connectivity index (χ2v) is 8.53. The summed E-state index contributed by atoms with van der Waals surface area (Å²) in [6.07, 6.45) is 7.96. The fraction of sp³-hybridized carbons (Fsp3) is 0.842. The molecule has 3 nitrogen and oxygen atoms in total. The molecule has 0 aromatic heterocycles. The standard InChI is InChI=1S/C19H30O3/c1-17(21)11-8-14-13(12-17)6-7-15-18(14,2)9-5-10-19(15,3)16(20)22-4/h15,21H,5-12H2,1-4H3/t15-,17?,18-,19-/m1/s1. The number of aliphatic hydroxyl groups is 1. The highest BCUT2D eigenvalue weighted by molar-refractivity contribution is 5.77. The van der Waals surface area contributed by atoms with Crippen molar-refractivity contribution < 1.29 is 14.6 Å². The number of methoxy groups -OCH3 is 1. The first-order chi connectivity index (χ1) is 10.2. The molecule has 3 rings (SSSR count). The van der Waals surface area contributed by atoms with Gasteiger partial charge in [0.05, 0.1) is 18.1 Å². The Morgan fingerprint density at radius 3 is 2.59 bits per heavy atom. The van der Waals surface area contributed by atoms with Crippen LogP contribution in [0.1, 0.15) is 72.1 Å². The molecule has 0 aliphatic heterocycles. The summed E-state index contributed by atoms with van der Waals surface area (Å²) in [6.45, 7) is 6.45. The number of carbonyl (C=O) groups is 1. The van der Waals surface area contributed by atoms with Crippen LogP contribution in [0.15, 0.2) is 11.1 Å². The number of esters is 1. The minimum absolute atomic E-state index is 0.0321. The molecule has 0 heterocycles. The third-order valence-electron chi connectivity index (χ3n) is 6.94. The fourth-order valence-corrected chi connectivity index (χ4v) is 5.82. The number of ether oxygens (including phenoxy) is 1. The molecule has 124 valence electrons. The molecule has 3 heteroatoms. The summed E-state index contributed by atoms with van der Waals surface area (Å²) >= 11 is 0. The van der Waals surface area contributed by atoms with E-state index in [1.54, 1.807) is 5.57 Å². The molecule has 0 bridgehead atoms. The Hall–Kier alpha value is -0.830. The van der Waals surface area contributed by atoms with Gasteiger partial charge in [-0.05, 0) is 70.1 Å². The van der Waals surface area contributed by atoms with Gasteiger partial charge in [-0.15, -0.1) is 0 Å². The molecule has 1 unspecified atom stereocenters. The third kappa shape index (κ3) is 2.24. The first kappa shape index (κ1) is 16.0. The van der Waals surface area contributed by atoms with Gasteiger partial charge in [0, 0.05) is 0 Å². The molecule has 1 saturated carbocycles. The molecule has 1 N–H and O–H groups in total. The first-order valence-corrected chi connectivity index (χ1v) is 8.75. The lowest BCUT2D eigenvalue weighted by Gasteiger charge is -2.56. The summed E-state index contributed by atoms with van der Waals surface area (Å²) in [5.74, 6) is 0.346. The van der Waals surface area contributed by atoms with E-state index >= 15 is 0 Å². The third-order valence-corrected chi connectivity index (χ3v) is 6.94. The van der Waals surface area contributed by atoms with E-state index in [-0.39, 0.29) is 16.8 Å². The average Bonchev–Trinajstić information content (AvgIpc) is 2.44. The Kier molecular flexibility index (Phi) is 3.71. The molecule has 0 aromatic rings. The highest BCUT2D eigenvalue weighted by Crippen LogP contribution is 2.62. The van der Waals surface area contributed by atoms with Gasteiger partial charge < -0.3 is 9.84 Å². The summed E-state index contributed by atoms with van der Waals surface area (Å²) in [4.78, 5) is 12.5. The van der Waals surface area contributed by atoms with E-state index in [1.165, 1.54) is 19.1 Å². The maximum atomic E-state index is 12.5. The lowest BCUT2D eigenvalue weighted by molar-refractivity contribution is -0.163. The molecule has 22 heavy (non-hydrogen) atoms. The summed E-state index contributed by atoms with van der Waals surface area (Å²) in [5, 5.41) is 10.4. The van der Waals surface area contributed by atoms with Crippen molar-refractivity contribution in [2.24, 2.45) is 16.7 Å². The van der Waals surface area contributed by atoms with Crippen molar-refractivity contribution in [1.82, 2.24) is 0 Å². The Morgan fingerprint density at radius 2 is 1.91 bits per heavy atom. The first-order valence-electron chi connectivity index (χ1n) is 8.75. The van der Waals surface area contributed by atoms with Gasteiger partial charge in [0.1, 0.15) is 0 Å². The number of rotatable bonds is 1. The van der Waals surface area contributed by atoms with Crippen LogP contribution in [0.5, 0.6) is 0 Å². The largest absolute Gasteiger partial charge is 0.469 e. The van der Waals surface area contributed by atoms with Crippen LogP contribution in [0, 0.1) is 16.7 Å². The second-order valence-electron chi connectivity index (χ2n) is 8.53. The minimum atomic E-state index is -0.539. The molecule has 0 spiro atoms. The Morgan fingerprint density at radius 1 is 1.18 bits per heavy atom. The summed E-state index contributed by atoms with van der Waals surface area (Å²) in [7, 11) is 1.52. The molecule has 0 amide bonds. The van der Waals surface area contributed by atoms with Gasteiger partial charge in [-0.25, -0.2) is 0 Å². The van der Waals surface area contributed by atoms with Gasteiger partial charge in [0.2, 0.25) is 0 Å². The Balaban J connectivity index is 2.00. The zero-order chi connectivity index (χ0) is 16.2. The van der Waals surface area contributed by atoms with Gasteiger partial charge in [-0.3, -0.25) is 4.79 Å². The van der Waals surface area contributed by atoms with Crippen LogP contribution in [-0.2, 0) is 9.53 Å². The fourth-order valence-electron chi connectivity index (χ4n) is 5.82. The molecule has 0 saturated heterocycles. The van der Waals surface area contributed by atoms with Crippen molar-refractivity contribution in [2.45, 2.75) is 77.7 Å². The number of carbonyl (C=O) groups excluding carboxylic acids is 1. The zero-order valence-corrected chi connectivity index (χ0v) is 14.5. The number of hydrogen-bond donors (Lipinski definition) is 1. The SMILES string of the molecule is COC(=O)[C@]1(C)CCC[C@]2(C)C3=C(CC[C@@H]12)CC(C)(O)CC3. The normalized spacial score (nSPS) is 45.0. The van der Waals surface area contributed by atoms with Crippen LogP contribution < -0.4 is 0 Å². The van der Waals surface area contributed by atoms with Crippen LogP contribution in [0.3, 0.4) is 0 Å². The lowest BCUT2D eigenvalue weighted by atomic mass is 9.48. The maximum absolute atomic E-state index is 12.5. The molecule has 3 aliphatic rings. The monoisotopic (exact) mass is 306 g/mol. The van der Waals surface area contributed by atoms with E-state index in [2.05, 4.69) is 13.8 Å².